The molecule has 0 saturated heterocycles. The molecule has 0 fully saturated rings. The molecule has 0 aliphatic carbocycles. The third kappa shape index (κ3) is 2.33. The number of carbonyl (C=O) groups is 1. The van der Waals surface area contributed by atoms with Gasteiger partial charge >= 0.3 is 0 Å². The molecule has 0 aromatic carbocycles. The Bertz CT molecular complexity index is 565. The molecule has 1 N–H and O–H groups in total. The summed E-state index contributed by atoms with van der Waals surface area (Å²) in [6, 6.07) is 3.74. The van der Waals surface area contributed by atoms with Crippen molar-refractivity contribution in [3.05, 3.63) is 24.5 Å². The molecule has 1 amide bonds. The van der Waals surface area contributed by atoms with E-state index >= 15 is 0 Å². The second kappa shape index (κ2) is 4.37. The van der Waals surface area contributed by atoms with Crippen molar-refractivity contribution in [2.75, 3.05) is 24.3 Å². The Balaban J connectivity index is 2.62. The highest BCUT2D eigenvalue weighted by Crippen LogP contribution is 2.25. The van der Waals surface area contributed by atoms with Gasteiger partial charge < -0.3 is 10.2 Å². The summed E-state index contributed by atoms with van der Waals surface area (Å²) < 4.78 is 0. The first-order valence-electron chi connectivity index (χ1n) is 5.27. The molecular weight excluding hydrogens is 216 g/mol. The smallest absolute Gasteiger partial charge is 0.222 e. The van der Waals surface area contributed by atoms with Crippen molar-refractivity contribution in [3.63, 3.8) is 0 Å². The maximum atomic E-state index is 11.1. The van der Waals surface area contributed by atoms with Crippen LogP contribution in [0.2, 0.25) is 0 Å². The lowest BCUT2D eigenvalue weighted by atomic mass is 10.2. The zero-order valence-electron chi connectivity index (χ0n) is 10.1. The topological polar surface area (TPSA) is 58.1 Å². The molecule has 17 heavy (non-hydrogen) atoms. The first-order valence-corrected chi connectivity index (χ1v) is 5.27. The van der Waals surface area contributed by atoms with Gasteiger partial charge in [-0.2, -0.15) is 0 Å². The summed E-state index contributed by atoms with van der Waals surface area (Å²) in [5.41, 5.74) is 0. The number of nitrogens with zero attached hydrogens (tertiary/aromatic N) is 3. The Hall–Kier alpha value is -2.17. The number of hydrogen-bond acceptors (Lipinski definition) is 4. The van der Waals surface area contributed by atoms with Gasteiger partial charge in [-0.3, -0.25) is 9.78 Å². The summed E-state index contributed by atoms with van der Waals surface area (Å²) >= 11 is 0. The van der Waals surface area contributed by atoms with Crippen LogP contribution in [0.25, 0.3) is 10.8 Å². The zero-order valence-corrected chi connectivity index (χ0v) is 10.1. The van der Waals surface area contributed by atoms with E-state index in [1.165, 1.54) is 6.92 Å². The fraction of sp³-hybridized carbons (Fsp3) is 0.250. The number of amides is 1. The second-order valence-corrected chi connectivity index (χ2v) is 4.00. The van der Waals surface area contributed by atoms with Crippen molar-refractivity contribution in [1.29, 1.82) is 0 Å². The van der Waals surface area contributed by atoms with E-state index in [1.54, 1.807) is 12.4 Å². The predicted octanol–water partition coefficient (Wildman–Crippen LogP) is 1.65. The Morgan fingerprint density at radius 3 is 2.82 bits per heavy atom. The number of aromatic nitrogens is 2. The summed E-state index contributed by atoms with van der Waals surface area (Å²) in [7, 11) is 3.82. The number of nitrogens with one attached hydrogen (secondary N) is 1. The number of anilines is 2. The molecule has 2 heterocycles. The number of fused-ring (bicyclic) bond motifs is 1. The number of pyridine rings is 2. The van der Waals surface area contributed by atoms with Gasteiger partial charge in [-0.05, 0) is 17.5 Å². The molecule has 0 aliphatic rings. The highest BCUT2D eigenvalue weighted by atomic mass is 16.1. The van der Waals surface area contributed by atoms with Crippen LogP contribution in [-0.4, -0.2) is 30.0 Å². The highest BCUT2D eigenvalue weighted by Gasteiger charge is 2.08. The van der Waals surface area contributed by atoms with Gasteiger partial charge in [0, 0.05) is 38.8 Å². The quantitative estimate of drug-likeness (QED) is 0.852. The van der Waals surface area contributed by atoms with Crippen molar-refractivity contribution >= 4 is 28.3 Å². The van der Waals surface area contributed by atoms with E-state index in [-0.39, 0.29) is 5.91 Å². The van der Waals surface area contributed by atoms with E-state index < -0.39 is 0 Å². The summed E-state index contributed by atoms with van der Waals surface area (Å²) in [5, 5.41) is 4.66. The van der Waals surface area contributed by atoms with E-state index in [4.69, 9.17) is 0 Å². The maximum absolute atomic E-state index is 11.1. The lowest BCUT2D eigenvalue weighted by Crippen LogP contribution is -2.14. The normalized spacial score (nSPS) is 10.3. The van der Waals surface area contributed by atoms with Crippen LogP contribution in [0.1, 0.15) is 6.92 Å². The molecule has 5 heteroatoms. The zero-order chi connectivity index (χ0) is 12.4. The lowest BCUT2D eigenvalue weighted by Gasteiger charge is -2.15. The molecule has 5 nitrogen and oxygen atoms in total. The third-order valence-electron chi connectivity index (χ3n) is 2.34. The molecule has 0 atom stereocenters. The van der Waals surface area contributed by atoms with Crippen LogP contribution in [0.4, 0.5) is 11.6 Å². The molecule has 2 aromatic rings. The van der Waals surface area contributed by atoms with Gasteiger partial charge in [0.25, 0.3) is 0 Å². The van der Waals surface area contributed by atoms with Crippen molar-refractivity contribution in [3.8, 4) is 0 Å². The molecular formula is C12H14N4O. The van der Waals surface area contributed by atoms with E-state index in [1.807, 2.05) is 31.1 Å². The van der Waals surface area contributed by atoms with E-state index in [2.05, 4.69) is 15.3 Å². The molecule has 0 spiro atoms. The van der Waals surface area contributed by atoms with Crippen molar-refractivity contribution in [1.82, 2.24) is 9.97 Å². The minimum Gasteiger partial charge on any atom is -0.362 e. The Kier molecular flexibility index (Phi) is 2.91. The number of carbonyl (C=O) groups excluding carboxylic acids is 1. The Labute approximate surface area is 99.5 Å². The standard InChI is InChI=1S/C12H14N4O/c1-8(17)14-11-6-9-4-5-13-7-10(9)12(15-11)16(2)3/h4-7H,1-3H3,(H,14,15,17). The molecule has 0 radical (unpaired) electrons. The molecule has 2 aromatic heterocycles. The van der Waals surface area contributed by atoms with Crippen LogP contribution in [0.5, 0.6) is 0 Å². The molecule has 88 valence electrons. The van der Waals surface area contributed by atoms with Crippen molar-refractivity contribution < 1.29 is 4.79 Å². The van der Waals surface area contributed by atoms with Gasteiger partial charge in [-0.25, -0.2) is 4.98 Å². The van der Waals surface area contributed by atoms with Crippen LogP contribution in [0.3, 0.4) is 0 Å². The monoisotopic (exact) mass is 230 g/mol. The van der Waals surface area contributed by atoms with Gasteiger partial charge in [0.2, 0.25) is 5.91 Å². The summed E-state index contributed by atoms with van der Waals surface area (Å²) in [6.07, 6.45) is 3.49. The summed E-state index contributed by atoms with van der Waals surface area (Å²) in [5.74, 6) is 1.22. The van der Waals surface area contributed by atoms with Crippen LogP contribution in [0.15, 0.2) is 24.5 Å². The Morgan fingerprint density at radius 1 is 1.41 bits per heavy atom. The summed E-state index contributed by atoms with van der Waals surface area (Å²) in [6.45, 7) is 1.47. The van der Waals surface area contributed by atoms with Gasteiger partial charge in [-0.1, -0.05) is 0 Å². The van der Waals surface area contributed by atoms with Crippen LogP contribution < -0.4 is 10.2 Å². The maximum Gasteiger partial charge on any atom is 0.222 e. The summed E-state index contributed by atoms with van der Waals surface area (Å²) in [4.78, 5) is 21.4. The molecule has 0 bridgehead atoms. The largest absolute Gasteiger partial charge is 0.362 e. The second-order valence-electron chi connectivity index (χ2n) is 4.00. The SMILES string of the molecule is CC(=O)Nc1cc2ccncc2c(N(C)C)n1. The first-order chi connectivity index (χ1) is 8.08. The van der Waals surface area contributed by atoms with Gasteiger partial charge in [0.1, 0.15) is 11.6 Å². The fourth-order valence-electron chi connectivity index (χ4n) is 1.66. The van der Waals surface area contributed by atoms with Crippen molar-refractivity contribution in [2.24, 2.45) is 0 Å². The minimum absolute atomic E-state index is 0.129. The van der Waals surface area contributed by atoms with E-state index in [0.717, 1.165) is 16.6 Å². The number of hydrogen-bond donors (Lipinski definition) is 1. The number of rotatable bonds is 2. The van der Waals surface area contributed by atoms with Crippen LogP contribution in [0, 0.1) is 0 Å². The first kappa shape index (κ1) is 11.3. The fourth-order valence-corrected chi connectivity index (χ4v) is 1.66. The van der Waals surface area contributed by atoms with E-state index in [0.29, 0.717) is 5.82 Å². The van der Waals surface area contributed by atoms with Crippen LogP contribution >= 0.6 is 0 Å². The van der Waals surface area contributed by atoms with Gasteiger partial charge in [0.15, 0.2) is 0 Å². The third-order valence-corrected chi connectivity index (χ3v) is 2.34. The minimum atomic E-state index is -0.129. The highest BCUT2D eigenvalue weighted by molar-refractivity contribution is 5.96. The van der Waals surface area contributed by atoms with E-state index in [9.17, 15) is 4.79 Å². The van der Waals surface area contributed by atoms with Gasteiger partial charge in [-0.15, -0.1) is 0 Å². The van der Waals surface area contributed by atoms with Crippen LogP contribution in [-0.2, 0) is 4.79 Å². The molecule has 2 rings (SSSR count). The van der Waals surface area contributed by atoms with Gasteiger partial charge in [0.05, 0.1) is 0 Å². The molecule has 0 unspecified atom stereocenters. The molecule has 0 aliphatic heterocycles. The predicted molar refractivity (Wildman–Crippen MR) is 68.2 cm³/mol. The van der Waals surface area contributed by atoms with Crippen molar-refractivity contribution in [2.45, 2.75) is 6.92 Å². The average molecular weight is 230 g/mol. The average Bonchev–Trinajstić information content (AvgIpc) is 2.27. The lowest BCUT2D eigenvalue weighted by molar-refractivity contribution is -0.114. The Morgan fingerprint density at radius 2 is 2.18 bits per heavy atom. The molecule has 0 saturated carbocycles.